The van der Waals surface area contributed by atoms with Crippen LogP contribution in [-0.4, -0.2) is 34.8 Å². The lowest BCUT2D eigenvalue weighted by atomic mass is 10.1. The second-order valence-electron chi connectivity index (χ2n) is 8.13. The second kappa shape index (κ2) is 7.49. The van der Waals surface area contributed by atoms with Gasteiger partial charge in [0.1, 0.15) is 0 Å². The molecule has 2 amide bonds. The minimum absolute atomic E-state index is 0.0739. The fraction of sp³-hybridized carbons (Fsp3) is 0.667. The minimum Gasteiger partial charge on any atom is -0.481 e. The Morgan fingerprint density at radius 2 is 2.15 bits per heavy atom. The number of amides is 2. The molecule has 0 aromatic carbocycles. The SMILES string of the molecule is CCC[C@H]1C[C@H]1C(=O)NCc1cc2c(nc1OC)CN(C1CCCC1)C2=O. The van der Waals surface area contributed by atoms with Crippen molar-refractivity contribution in [1.29, 1.82) is 0 Å². The van der Waals surface area contributed by atoms with Crippen molar-refractivity contribution in [2.45, 2.75) is 71.0 Å². The number of rotatable bonds is 7. The zero-order chi connectivity index (χ0) is 19.0. The van der Waals surface area contributed by atoms with Gasteiger partial charge in [0.25, 0.3) is 5.91 Å². The van der Waals surface area contributed by atoms with E-state index in [2.05, 4.69) is 17.2 Å². The maximum Gasteiger partial charge on any atom is 0.256 e. The van der Waals surface area contributed by atoms with Gasteiger partial charge in [0.05, 0.1) is 24.9 Å². The molecule has 146 valence electrons. The van der Waals surface area contributed by atoms with Crippen LogP contribution in [0.1, 0.15) is 73.5 Å². The van der Waals surface area contributed by atoms with E-state index in [0.717, 1.165) is 43.4 Å². The Bertz CT molecular complexity index is 742. The molecule has 6 heteroatoms. The van der Waals surface area contributed by atoms with Crippen LogP contribution in [0.5, 0.6) is 5.88 Å². The molecule has 0 saturated heterocycles. The van der Waals surface area contributed by atoms with E-state index in [-0.39, 0.29) is 17.7 Å². The van der Waals surface area contributed by atoms with E-state index in [4.69, 9.17) is 4.74 Å². The van der Waals surface area contributed by atoms with Crippen molar-refractivity contribution in [3.05, 3.63) is 22.9 Å². The van der Waals surface area contributed by atoms with Crippen LogP contribution in [0.15, 0.2) is 6.07 Å². The Morgan fingerprint density at radius 3 is 2.85 bits per heavy atom. The molecule has 2 heterocycles. The highest BCUT2D eigenvalue weighted by Crippen LogP contribution is 2.42. The zero-order valence-electron chi connectivity index (χ0n) is 16.3. The lowest BCUT2D eigenvalue weighted by Crippen LogP contribution is -2.33. The van der Waals surface area contributed by atoms with Crippen molar-refractivity contribution < 1.29 is 14.3 Å². The first-order valence-corrected chi connectivity index (χ1v) is 10.3. The van der Waals surface area contributed by atoms with Gasteiger partial charge in [-0.1, -0.05) is 26.2 Å². The number of carbonyl (C=O) groups excluding carboxylic acids is 2. The summed E-state index contributed by atoms with van der Waals surface area (Å²) in [5.74, 6) is 1.38. The van der Waals surface area contributed by atoms with E-state index in [1.165, 1.54) is 12.8 Å². The van der Waals surface area contributed by atoms with E-state index >= 15 is 0 Å². The number of pyridine rings is 1. The number of nitrogens with one attached hydrogen (secondary N) is 1. The van der Waals surface area contributed by atoms with Crippen LogP contribution in [0.25, 0.3) is 0 Å². The molecule has 0 unspecified atom stereocenters. The molecule has 6 nitrogen and oxygen atoms in total. The maximum absolute atomic E-state index is 12.9. The summed E-state index contributed by atoms with van der Waals surface area (Å²) in [5, 5.41) is 3.01. The van der Waals surface area contributed by atoms with E-state index < -0.39 is 0 Å². The lowest BCUT2D eigenvalue weighted by molar-refractivity contribution is -0.122. The summed E-state index contributed by atoms with van der Waals surface area (Å²) < 4.78 is 5.44. The maximum atomic E-state index is 12.9. The largest absolute Gasteiger partial charge is 0.481 e. The number of hydrogen-bond donors (Lipinski definition) is 1. The Kier molecular flexibility index (Phi) is 5.06. The molecule has 2 atom stereocenters. The fourth-order valence-corrected chi connectivity index (χ4v) is 4.65. The Hall–Kier alpha value is -2.11. The van der Waals surface area contributed by atoms with Gasteiger partial charge in [-0.05, 0) is 37.7 Å². The highest BCUT2D eigenvalue weighted by molar-refractivity contribution is 5.98. The van der Waals surface area contributed by atoms with Crippen LogP contribution in [-0.2, 0) is 17.9 Å². The van der Waals surface area contributed by atoms with E-state index in [0.29, 0.717) is 36.5 Å². The molecule has 0 radical (unpaired) electrons. The average molecular weight is 371 g/mol. The number of aromatic nitrogens is 1. The van der Waals surface area contributed by atoms with Gasteiger partial charge in [0.2, 0.25) is 11.8 Å². The molecular weight excluding hydrogens is 342 g/mol. The number of fused-ring (bicyclic) bond motifs is 1. The van der Waals surface area contributed by atoms with Crippen LogP contribution >= 0.6 is 0 Å². The van der Waals surface area contributed by atoms with Gasteiger partial charge < -0.3 is 15.0 Å². The van der Waals surface area contributed by atoms with Gasteiger partial charge in [-0.15, -0.1) is 0 Å². The number of nitrogens with zero attached hydrogens (tertiary/aromatic N) is 2. The molecular formula is C21H29N3O3. The molecule has 1 aliphatic heterocycles. The predicted molar refractivity (Wildman–Crippen MR) is 101 cm³/mol. The Labute approximate surface area is 160 Å². The predicted octanol–water partition coefficient (Wildman–Crippen LogP) is 3.04. The first-order valence-electron chi connectivity index (χ1n) is 10.3. The zero-order valence-corrected chi connectivity index (χ0v) is 16.3. The molecule has 2 fully saturated rings. The summed E-state index contributed by atoms with van der Waals surface area (Å²) in [4.78, 5) is 31.8. The van der Waals surface area contributed by atoms with Crippen LogP contribution in [0.2, 0.25) is 0 Å². The molecule has 27 heavy (non-hydrogen) atoms. The quantitative estimate of drug-likeness (QED) is 0.800. The van der Waals surface area contributed by atoms with Crippen molar-refractivity contribution in [2.24, 2.45) is 11.8 Å². The van der Waals surface area contributed by atoms with Crippen molar-refractivity contribution in [2.75, 3.05) is 7.11 Å². The number of hydrogen-bond acceptors (Lipinski definition) is 4. The second-order valence-corrected chi connectivity index (χ2v) is 8.13. The van der Waals surface area contributed by atoms with Gasteiger partial charge in [-0.25, -0.2) is 4.98 Å². The molecule has 1 N–H and O–H groups in total. The van der Waals surface area contributed by atoms with Crippen molar-refractivity contribution in [1.82, 2.24) is 15.2 Å². The highest BCUT2D eigenvalue weighted by Gasteiger charge is 2.42. The summed E-state index contributed by atoms with van der Waals surface area (Å²) in [6.07, 6.45) is 7.79. The smallest absolute Gasteiger partial charge is 0.256 e. The van der Waals surface area contributed by atoms with Gasteiger partial charge in [0.15, 0.2) is 0 Å². The highest BCUT2D eigenvalue weighted by atomic mass is 16.5. The fourth-order valence-electron chi connectivity index (χ4n) is 4.65. The lowest BCUT2D eigenvalue weighted by Gasteiger charge is -2.22. The van der Waals surface area contributed by atoms with E-state index in [1.807, 2.05) is 11.0 Å². The molecule has 1 aromatic heterocycles. The summed E-state index contributed by atoms with van der Waals surface area (Å²) in [6.45, 7) is 3.08. The van der Waals surface area contributed by atoms with Crippen LogP contribution in [0.3, 0.4) is 0 Å². The third kappa shape index (κ3) is 3.54. The van der Waals surface area contributed by atoms with Gasteiger partial charge in [-0.2, -0.15) is 0 Å². The number of methoxy groups -OCH3 is 1. The number of ether oxygens (including phenoxy) is 1. The van der Waals surface area contributed by atoms with Gasteiger partial charge in [-0.3, -0.25) is 9.59 Å². The molecule has 0 spiro atoms. The average Bonchev–Trinajstić information content (AvgIpc) is 3.10. The van der Waals surface area contributed by atoms with Crippen LogP contribution in [0.4, 0.5) is 0 Å². The first kappa shape index (κ1) is 18.3. The monoisotopic (exact) mass is 371 g/mol. The minimum atomic E-state index is 0.0739. The molecule has 4 rings (SSSR count). The topological polar surface area (TPSA) is 71.5 Å². The normalized spacial score (nSPS) is 24.2. The molecule has 3 aliphatic rings. The summed E-state index contributed by atoms with van der Waals surface area (Å²) in [7, 11) is 1.59. The molecule has 1 aromatic rings. The first-order chi connectivity index (χ1) is 13.1. The number of carbonyl (C=O) groups is 2. The molecule has 2 aliphatic carbocycles. The van der Waals surface area contributed by atoms with Crippen LogP contribution in [0, 0.1) is 11.8 Å². The van der Waals surface area contributed by atoms with Crippen LogP contribution < -0.4 is 10.1 Å². The molecule has 2 saturated carbocycles. The van der Waals surface area contributed by atoms with Crippen molar-refractivity contribution >= 4 is 11.8 Å². The standard InChI is InChI=1S/C21H29N3O3/c1-3-6-13-9-16(13)19(25)22-11-14-10-17-18(23-20(14)27-2)12-24(21(17)26)15-7-4-5-8-15/h10,13,15-16H,3-9,11-12H2,1-2H3,(H,22,25)/t13-,16+/m0/s1. The molecule has 0 bridgehead atoms. The van der Waals surface area contributed by atoms with E-state index in [9.17, 15) is 9.59 Å². The van der Waals surface area contributed by atoms with Gasteiger partial charge in [0, 0.05) is 24.1 Å². The van der Waals surface area contributed by atoms with E-state index in [1.54, 1.807) is 7.11 Å². The summed E-state index contributed by atoms with van der Waals surface area (Å²) in [5.41, 5.74) is 2.24. The van der Waals surface area contributed by atoms with Crippen molar-refractivity contribution in [3.8, 4) is 5.88 Å². The summed E-state index contributed by atoms with van der Waals surface area (Å²) in [6, 6.07) is 2.21. The third-order valence-corrected chi connectivity index (χ3v) is 6.28. The summed E-state index contributed by atoms with van der Waals surface area (Å²) >= 11 is 0. The van der Waals surface area contributed by atoms with Gasteiger partial charge >= 0.3 is 0 Å². The van der Waals surface area contributed by atoms with Crippen molar-refractivity contribution in [3.63, 3.8) is 0 Å². The Morgan fingerprint density at radius 1 is 1.37 bits per heavy atom. The third-order valence-electron chi connectivity index (χ3n) is 6.28. The Balaban J connectivity index is 1.45.